The maximum absolute atomic E-state index is 5.94. The van der Waals surface area contributed by atoms with Gasteiger partial charge in [0.05, 0.1) is 6.61 Å². The summed E-state index contributed by atoms with van der Waals surface area (Å²) >= 11 is 0. The van der Waals surface area contributed by atoms with Gasteiger partial charge in [0.15, 0.2) is 0 Å². The maximum Gasteiger partial charge on any atom is 0.126 e. The Hall–Kier alpha value is -2.11. The van der Waals surface area contributed by atoms with Gasteiger partial charge in [0.25, 0.3) is 0 Å². The van der Waals surface area contributed by atoms with Gasteiger partial charge in [0.2, 0.25) is 0 Å². The summed E-state index contributed by atoms with van der Waals surface area (Å²) in [5.41, 5.74) is 11.1. The second-order valence-corrected chi connectivity index (χ2v) is 5.31. The number of nitrogens with two attached hydrogens (primary N) is 2. The van der Waals surface area contributed by atoms with Crippen LogP contribution in [0.3, 0.4) is 0 Å². The molecule has 0 fully saturated rings. The third-order valence-corrected chi connectivity index (χ3v) is 4.07. The minimum atomic E-state index is 0.0987. The van der Waals surface area contributed by atoms with Crippen LogP contribution in [0, 0.1) is 0 Å². The van der Waals surface area contributed by atoms with Crippen LogP contribution in [0.1, 0.15) is 23.5 Å². The van der Waals surface area contributed by atoms with Crippen molar-refractivity contribution in [3.05, 3.63) is 53.7 Å². The molecule has 0 saturated heterocycles. The molecule has 1 aromatic heterocycles. The molecule has 2 heterocycles. The van der Waals surface area contributed by atoms with E-state index in [4.69, 9.17) is 16.3 Å². The van der Waals surface area contributed by atoms with Crippen LogP contribution in [0.15, 0.2) is 42.6 Å². The average Bonchev–Trinajstić information content (AvgIpc) is 2.54. The van der Waals surface area contributed by atoms with E-state index < -0.39 is 0 Å². The average molecular weight is 284 g/mol. The predicted octanol–water partition coefficient (Wildman–Crippen LogP) is 1.60. The number of fused-ring (bicyclic) bond motifs is 1. The molecule has 1 aromatic carbocycles. The molecule has 0 aliphatic carbocycles. The topological polar surface area (TPSA) is 86.2 Å². The van der Waals surface area contributed by atoms with Crippen molar-refractivity contribution in [2.75, 3.05) is 12.3 Å². The summed E-state index contributed by atoms with van der Waals surface area (Å²) in [5.74, 6) is 7.63. The second kappa shape index (κ2) is 6.11. The number of hydrogen-bond acceptors (Lipinski definition) is 5. The van der Waals surface area contributed by atoms with E-state index in [1.165, 1.54) is 5.56 Å². The molecule has 2 aromatic rings. The highest BCUT2D eigenvalue weighted by Gasteiger charge is 2.28. The number of rotatable bonds is 4. The molecule has 110 valence electrons. The smallest absolute Gasteiger partial charge is 0.126 e. The Labute approximate surface area is 124 Å². The number of pyridine rings is 1. The Kier molecular flexibility index (Phi) is 4.03. The van der Waals surface area contributed by atoms with Gasteiger partial charge in [0.1, 0.15) is 11.6 Å². The first-order valence-corrected chi connectivity index (χ1v) is 7.17. The highest BCUT2D eigenvalue weighted by atomic mass is 16.5. The van der Waals surface area contributed by atoms with Gasteiger partial charge in [-0.05, 0) is 36.1 Å². The molecule has 1 aliphatic heterocycles. The molecule has 5 heteroatoms. The Bertz CT molecular complexity index is 617. The number of aromatic nitrogens is 1. The van der Waals surface area contributed by atoms with Gasteiger partial charge in [-0.1, -0.05) is 24.3 Å². The van der Waals surface area contributed by atoms with Crippen LogP contribution in [-0.2, 0) is 6.42 Å². The Morgan fingerprint density at radius 1 is 1.29 bits per heavy atom. The monoisotopic (exact) mass is 284 g/mol. The van der Waals surface area contributed by atoms with Gasteiger partial charge in [-0.2, -0.15) is 0 Å². The van der Waals surface area contributed by atoms with Crippen LogP contribution in [0.4, 0.5) is 5.82 Å². The van der Waals surface area contributed by atoms with Gasteiger partial charge in [-0.3, -0.25) is 11.3 Å². The minimum Gasteiger partial charge on any atom is -0.493 e. The van der Waals surface area contributed by atoms with Crippen molar-refractivity contribution in [3.63, 3.8) is 0 Å². The van der Waals surface area contributed by atoms with Crippen molar-refractivity contribution in [2.45, 2.75) is 24.8 Å². The summed E-state index contributed by atoms with van der Waals surface area (Å²) in [7, 11) is 0. The summed E-state index contributed by atoms with van der Waals surface area (Å²) in [5, 5.41) is 0. The molecule has 0 spiro atoms. The molecule has 5 nitrogen and oxygen atoms in total. The van der Waals surface area contributed by atoms with E-state index in [2.05, 4.69) is 16.5 Å². The lowest BCUT2D eigenvalue weighted by Crippen LogP contribution is -2.43. The third kappa shape index (κ3) is 2.84. The zero-order valence-electron chi connectivity index (χ0n) is 11.8. The molecule has 3 rings (SSSR count). The van der Waals surface area contributed by atoms with Gasteiger partial charge in [0, 0.05) is 18.2 Å². The number of ether oxygens (including phenoxy) is 1. The van der Waals surface area contributed by atoms with E-state index in [0.29, 0.717) is 18.3 Å². The van der Waals surface area contributed by atoms with Crippen LogP contribution >= 0.6 is 0 Å². The number of anilines is 1. The largest absolute Gasteiger partial charge is 0.493 e. The lowest BCUT2D eigenvalue weighted by atomic mass is 9.84. The van der Waals surface area contributed by atoms with Gasteiger partial charge >= 0.3 is 0 Å². The van der Waals surface area contributed by atoms with Crippen molar-refractivity contribution in [2.24, 2.45) is 5.84 Å². The number of nitrogen functional groups attached to an aromatic ring is 1. The SMILES string of the molecule is NNC(Cc1cccnc1N)C1CCOc2ccccc21. The molecule has 2 atom stereocenters. The molecule has 1 aliphatic rings. The van der Waals surface area contributed by atoms with E-state index in [-0.39, 0.29) is 6.04 Å². The first-order valence-electron chi connectivity index (χ1n) is 7.17. The van der Waals surface area contributed by atoms with Crippen molar-refractivity contribution >= 4 is 5.82 Å². The molecule has 0 radical (unpaired) electrons. The van der Waals surface area contributed by atoms with Crippen molar-refractivity contribution in [1.29, 1.82) is 0 Å². The van der Waals surface area contributed by atoms with Gasteiger partial charge in [-0.15, -0.1) is 0 Å². The highest BCUT2D eigenvalue weighted by Crippen LogP contribution is 2.36. The van der Waals surface area contributed by atoms with Crippen LogP contribution in [0.2, 0.25) is 0 Å². The number of nitrogens with one attached hydrogen (secondary N) is 1. The summed E-state index contributed by atoms with van der Waals surface area (Å²) in [4.78, 5) is 4.14. The molecule has 0 amide bonds. The summed E-state index contributed by atoms with van der Waals surface area (Å²) in [6, 6.07) is 12.1. The molecule has 0 bridgehead atoms. The minimum absolute atomic E-state index is 0.0987. The number of benzene rings is 1. The molecule has 2 unspecified atom stereocenters. The molecule has 5 N–H and O–H groups in total. The van der Waals surface area contributed by atoms with Crippen LogP contribution in [-0.4, -0.2) is 17.6 Å². The highest BCUT2D eigenvalue weighted by molar-refractivity contribution is 5.42. The summed E-state index contributed by atoms with van der Waals surface area (Å²) in [6.45, 7) is 0.711. The van der Waals surface area contributed by atoms with Crippen LogP contribution < -0.4 is 21.7 Å². The predicted molar refractivity (Wildman–Crippen MR) is 82.8 cm³/mol. The first kappa shape index (κ1) is 13.9. The Morgan fingerprint density at radius 3 is 2.95 bits per heavy atom. The molecule has 21 heavy (non-hydrogen) atoms. The molecular formula is C16H20N4O. The number of para-hydroxylation sites is 1. The van der Waals surface area contributed by atoms with Gasteiger partial charge in [-0.25, -0.2) is 4.98 Å². The molecular weight excluding hydrogens is 264 g/mol. The van der Waals surface area contributed by atoms with Crippen molar-refractivity contribution in [1.82, 2.24) is 10.4 Å². The zero-order valence-corrected chi connectivity index (χ0v) is 11.8. The fourth-order valence-electron chi connectivity index (χ4n) is 2.97. The van der Waals surface area contributed by atoms with E-state index in [9.17, 15) is 0 Å². The summed E-state index contributed by atoms with van der Waals surface area (Å²) < 4.78 is 5.72. The quantitative estimate of drug-likeness (QED) is 0.586. The first-order chi connectivity index (χ1) is 10.3. The number of hydrogen-bond donors (Lipinski definition) is 3. The Morgan fingerprint density at radius 2 is 2.14 bits per heavy atom. The van der Waals surface area contributed by atoms with E-state index in [1.807, 2.05) is 30.3 Å². The lowest BCUT2D eigenvalue weighted by molar-refractivity contribution is 0.245. The summed E-state index contributed by atoms with van der Waals surface area (Å²) in [6.07, 6.45) is 3.38. The van der Waals surface area contributed by atoms with Crippen LogP contribution in [0.25, 0.3) is 0 Å². The van der Waals surface area contributed by atoms with Crippen molar-refractivity contribution in [3.8, 4) is 5.75 Å². The number of nitrogens with zero attached hydrogens (tertiary/aromatic N) is 1. The fourth-order valence-corrected chi connectivity index (χ4v) is 2.97. The number of hydrazine groups is 1. The third-order valence-electron chi connectivity index (χ3n) is 4.07. The Balaban J connectivity index is 1.86. The van der Waals surface area contributed by atoms with E-state index in [0.717, 1.165) is 24.2 Å². The van der Waals surface area contributed by atoms with Crippen LogP contribution in [0.5, 0.6) is 5.75 Å². The maximum atomic E-state index is 5.94. The molecule has 0 saturated carbocycles. The van der Waals surface area contributed by atoms with E-state index >= 15 is 0 Å². The zero-order chi connectivity index (χ0) is 14.7. The van der Waals surface area contributed by atoms with Gasteiger partial charge < -0.3 is 10.5 Å². The van der Waals surface area contributed by atoms with E-state index in [1.54, 1.807) is 6.20 Å². The fraction of sp³-hybridized carbons (Fsp3) is 0.312. The van der Waals surface area contributed by atoms with Crippen molar-refractivity contribution < 1.29 is 4.74 Å². The normalized spacial score (nSPS) is 18.6. The second-order valence-electron chi connectivity index (χ2n) is 5.31. The standard InChI is InChI=1S/C16H20N4O/c17-16-11(4-3-8-19-16)10-14(20-18)12-7-9-21-15-6-2-1-5-13(12)15/h1-6,8,12,14,20H,7,9-10,18H2,(H2,17,19). The lowest BCUT2D eigenvalue weighted by Gasteiger charge is -2.32.